The van der Waals surface area contributed by atoms with Crippen molar-refractivity contribution < 1.29 is 4.74 Å². The fourth-order valence-corrected chi connectivity index (χ4v) is 4.25. The van der Waals surface area contributed by atoms with Crippen molar-refractivity contribution in [3.8, 4) is 5.75 Å². The van der Waals surface area contributed by atoms with Crippen LogP contribution in [-0.4, -0.2) is 36.8 Å². The first kappa shape index (κ1) is 21.2. The minimum atomic E-state index is -0.312. The maximum absolute atomic E-state index is 12.6. The van der Waals surface area contributed by atoms with Crippen molar-refractivity contribution in [2.45, 2.75) is 33.2 Å². The van der Waals surface area contributed by atoms with Gasteiger partial charge in [-0.05, 0) is 61.5 Å². The molecule has 3 aromatic rings. The second-order valence-corrected chi connectivity index (χ2v) is 8.54. The summed E-state index contributed by atoms with van der Waals surface area (Å²) in [4.78, 5) is 29.2. The highest BCUT2D eigenvalue weighted by atomic mass is 32.2. The van der Waals surface area contributed by atoms with Crippen molar-refractivity contribution in [1.82, 2.24) is 18.7 Å². The Kier molecular flexibility index (Phi) is 6.84. The van der Waals surface area contributed by atoms with Crippen LogP contribution in [0.1, 0.15) is 24.0 Å². The highest BCUT2D eigenvalue weighted by molar-refractivity contribution is 7.99. The summed E-state index contributed by atoms with van der Waals surface area (Å²) in [5, 5.41) is 0. The normalized spacial score (nSPS) is 11.3. The molecular weight excluding hydrogens is 388 g/mol. The van der Waals surface area contributed by atoms with Gasteiger partial charge in [0, 0.05) is 20.6 Å². The van der Waals surface area contributed by atoms with Crippen molar-refractivity contribution in [2.24, 2.45) is 14.1 Å². The zero-order chi connectivity index (χ0) is 21.0. The second kappa shape index (κ2) is 9.35. The molecule has 0 aliphatic heterocycles. The highest BCUT2D eigenvalue weighted by Crippen LogP contribution is 2.16. The predicted octanol–water partition coefficient (Wildman–Crippen LogP) is 2.64. The SMILES string of the molecule is Cc1cc(C)cc(OCCCSCCCn2c(=O)c3c(ncn3C)n(C)c2=O)c1. The Morgan fingerprint density at radius 2 is 1.72 bits per heavy atom. The molecule has 0 spiro atoms. The quantitative estimate of drug-likeness (QED) is 0.502. The summed E-state index contributed by atoms with van der Waals surface area (Å²) in [6.07, 6.45) is 3.29. The number of imidazole rings is 1. The first-order valence-corrected chi connectivity index (χ1v) is 10.9. The van der Waals surface area contributed by atoms with E-state index in [9.17, 15) is 9.59 Å². The van der Waals surface area contributed by atoms with Crippen LogP contribution in [0.4, 0.5) is 0 Å². The lowest BCUT2D eigenvalue weighted by atomic mass is 10.1. The van der Waals surface area contributed by atoms with E-state index in [2.05, 4.69) is 37.0 Å². The summed E-state index contributed by atoms with van der Waals surface area (Å²) in [6.45, 7) is 5.24. The van der Waals surface area contributed by atoms with Crippen LogP contribution in [0.3, 0.4) is 0 Å². The van der Waals surface area contributed by atoms with Gasteiger partial charge in [0.15, 0.2) is 11.2 Å². The third-order valence-electron chi connectivity index (χ3n) is 4.77. The molecule has 7 nitrogen and oxygen atoms in total. The standard InChI is InChI=1S/C21H28N4O3S/c1-15-11-16(2)13-17(12-15)28-8-6-10-29-9-5-7-25-20(26)18-19(22-14-23(18)3)24(4)21(25)27/h11-14H,5-10H2,1-4H3. The molecule has 0 saturated heterocycles. The van der Waals surface area contributed by atoms with Gasteiger partial charge in [0.05, 0.1) is 12.9 Å². The zero-order valence-corrected chi connectivity index (χ0v) is 18.3. The fourth-order valence-electron chi connectivity index (χ4n) is 3.39. The van der Waals surface area contributed by atoms with Crippen LogP contribution in [-0.2, 0) is 20.6 Å². The lowest BCUT2D eigenvalue weighted by Gasteiger charge is -2.09. The smallest absolute Gasteiger partial charge is 0.332 e. The largest absolute Gasteiger partial charge is 0.494 e. The molecule has 2 aromatic heterocycles. The van der Waals surface area contributed by atoms with Gasteiger partial charge in [-0.3, -0.25) is 13.9 Å². The number of hydrogen-bond donors (Lipinski definition) is 0. The molecule has 0 aliphatic carbocycles. The first-order valence-electron chi connectivity index (χ1n) is 9.78. The molecule has 0 aliphatic rings. The molecule has 1 aromatic carbocycles. The lowest BCUT2D eigenvalue weighted by molar-refractivity contribution is 0.318. The number of aryl methyl sites for hydroxylation is 4. The number of aromatic nitrogens is 4. The summed E-state index contributed by atoms with van der Waals surface area (Å²) in [5.41, 5.74) is 2.73. The van der Waals surface area contributed by atoms with Crippen LogP contribution in [0.5, 0.6) is 5.75 Å². The molecule has 0 amide bonds. The lowest BCUT2D eigenvalue weighted by Crippen LogP contribution is -2.39. The minimum absolute atomic E-state index is 0.269. The molecule has 29 heavy (non-hydrogen) atoms. The summed E-state index contributed by atoms with van der Waals surface area (Å²) in [6, 6.07) is 6.24. The van der Waals surface area contributed by atoms with Crippen molar-refractivity contribution in [2.75, 3.05) is 18.1 Å². The monoisotopic (exact) mass is 416 g/mol. The molecule has 8 heteroatoms. The van der Waals surface area contributed by atoms with E-state index in [1.807, 2.05) is 11.8 Å². The van der Waals surface area contributed by atoms with E-state index in [0.717, 1.165) is 30.1 Å². The second-order valence-electron chi connectivity index (χ2n) is 7.32. The van der Waals surface area contributed by atoms with Gasteiger partial charge in [-0.25, -0.2) is 9.78 Å². The van der Waals surface area contributed by atoms with Crippen LogP contribution >= 0.6 is 11.8 Å². The molecule has 2 heterocycles. The van der Waals surface area contributed by atoms with Crippen LogP contribution in [0.15, 0.2) is 34.1 Å². The van der Waals surface area contributed by atoms with Gasteiger partial charge in [0.25, 0.3) is 5.56 Å². The van der Waals surface area contributed by atoms with Gasteiger partial charge in [0.1, 0.15) is 5.75 Å². The van der Waals surface area contributed by atoms with Gasteiger partial charge >= 0.3 is 5.69 Å². The Hall–Kier alpha value is -2.48. The number of thioether (sulfide) groups is 1. The third kappa shape index (κ3) is 4.93. The van der Waals surface area contributed by atoms with E-state index in [1.165, 1.54) is 20.3 Å². The van der Waals surface area contributed by atoms with Gasteiger partial charge in [-0.15, -0.1) is 0 Å². The number of ether oxygens (including phenoxy) is 1. The number of rotatable bonds is 9. The maximum atomic E-state index is 12.6. The van der Waals surface area contributed by atoms with E-state index < -0.39 is 0 Å². The Morgan fingerprint density at radius 1 is 1.03 bits per heavy atom. The van der Waals surface area contributed by atoms with E-state index in [0.29, 0.717) is 24.3 Å². The number of hydrogen-bond acceptors (Lipinski definition) is 5. The van der Waals surface area contributed by atoms with Crippen molar-refractivity contribution >= 4 is 22.9 Å². The summed E-state index contributed by atoms with van der Waals surface area (Å²) in [5.74, 6) is 2.80. The van der Waals surface area contributed by atoms with E-state index in [4.69, 9.17) is 4.74 Å². The molecule has 0 fully saturated rings. The maximum Gasteiger partial charge on any atom is 0.332 e. The van der Waals surface area contributed by atoms with Crippen molar-refractivity contribution in [3.63, 3.8) is 0 Å². The Morgan fingerprint density at radius 3 is 2.45 bits per heavy atom. The molecule has 156 valence electrons. The molecule has 0 N–H and O–H groups in total. The molecular formula is C21H28N4O3S. The summed E-state index contributed by atoms with van der Waals surface area (Å²) in [7, 11) is 3.42. The minimum Gasteiger partial charge on any atom is -0.494 e. The molecule has 3 rings (SSSR count). The van der Waals surface area contributed by atoms with Gasteiger partial charge in [-0.1, -0.05) is 6.07 Å². The first-order chi connectivity index (χ1) is 13.9. The van der Waals surface area contributed by atoms with Crippen molar-refractivity contribution in [3.05, 3.63) is 56.5 Å². The van der Waals surface area contributed by atoms with Crippen LogP contribution in [0.25, 0.3) is 11.2 Å². The topological polar surface area (TPSA) is 71.1 Å². The Bertz CT molecular complexity index is 1090. The molecule has 0 unspecified atom stereocenters. The predicted molar refractivity (Wildman–Crippen MR) is 118 cm³/mol. The third-order valence-corrected chi connectivity index (χ3v) is 5.92. The van der Waals surface area contributed by atoms with Crippen molar-refractivity contribution in [1.29, 1.82) is 0 Å². The van der Waals surface area contributed by atoms with E-state index in [-0.39, 0.29) is 11.2 Å². The van der Waals surface area contributed by atoms with E-state index >= 15 is 0 Å². The summed E-state index contributed by atoms with van der Waals surface area (Å²) < 4.78 is 10.2. The molecule has 0 saturated carbocycles. The Labute approximate surface area is 174 Å². The van der Waals surface area contributed by atoms with Crippen LogP contribution in [0.2, 0.25) is 0 Å². The van der Waals surface area contributed by atoms with Crippen LogP contribution in [0, 0.1) is 13.8 Å². The van der Waals surface area contributed by atoms with Gasteiger partial charge in [0.2, 0.25) is 0 Å². The molecule has 0 radical (unpaired) electrons. The zero-order valence-electron chi connectivity index (χ0n) is 17.5. The van der Waals surface area contributed by atoms with E-state index in [1.54, 1.807) is 25.0 Å². The average molecular weight is 417 g/mol. The molecule has 0 bridgehead atoms. The fraction of sp³-hybridized carbons (Fsp3) is 0.476. The average Bonchev–Trinajstić information content (AvgIpc) is 3.05. The van der Waals surface area contributed by atoms with Gasteiger partial charge < -0.3 is 9.30 Å². The molecule has 0 atom stereocenters. The number of benzene rings is 1. The number of fused-ring (bicyclic) bond motifs is 1. The Balaban J connectivity index is 1.44. The van der Waals surface area contributed by atoms with Crippen LogP contribution < -0.4 is 16.0 Å². The summed E-state index contributed by atoms with van der Waals surface area (Å²) >= 11 is 1.82. The highest BCUT2D eigenvalue weighted by Gasteiger charge is 2.14. The number of nitrogens with zero attached hydrogens (tertiary/aromatic N) is 4. The van der Waals surface area contributed by atoms with Gasteiger partial charge in [-0.2, -0.15) is 11.8 Å².